The summed E-state index contributed by atoms with van der Waals surface area (Å²) in [6, 6.07) is 6.18. The summed E-state index contributed by atoms with van der Waals surface area (Å²) in [6.07, 6.45) is -0.224. The van der Waals surface area contributed by atoms with Crippen LogP contribution < -0.4 is 4.74 Å². The lowest BCUT2D eigenvalue weighted by Crippen LogP contribution is -2.56. The minimum Gasteiger partial charge on any atom is -0.486 e. The number of carbonyl (C=O) groups is 2. The van der Waals surface area contributed by atoms with Crippen LogP contribution in [-0.4, -0.2) is 42.6 Å². The number of ether oxygens (including phenoxy) is 2. The minimum atomic E-state index is -0.472. The van der Waals surface area contributed by atoms with Crippen LogP contribution in [-0.2, 0) is 19.7 Å². The molecule has 0 radical (unpaired) electrons. The summed E-state index contributed by atoms with van der Waals surface area (Å²) in [5.41, 5.74) is 2.36. The molecule has 1 saturated heterocycles. The number of likely N-dealkylation sites (tertiary alicyclic amines) is 1. The highest BCUT2D eigenvalue weighted by Gasteiger charge is 2.34. The molecule has 1 aromatic carbocycles. The minimum absolute atomic E-state index is 0.00941. The molecule has 0 saturated carbocycles. The summed E-state index contributed by atoms with van der Waals surface area (Å²) >= 11 is 0. The van der Waals surface area contributed by atoms with Gasteiger partial charge in [-0.15, -0.1) is 0 Å². The fourth-order valence-electron chi connectivity index (χ4n) is 2.68. The second-order valence-corrected chi connectivity index (χ2v) is 7.27. The van der Waals surface area contributed by atoms with E-state index in [-0.39, 0.29) is 23.8 Å². The molecule has 1 amide bonds. The lowest BCUT2D eigenvalue weighted by atomic mass is 9.85. The summed E-state index contributed by atoms with van der Waals surface area (Å²) < 4.78 is 10.9. The molecule has 0 aliphatic carbocycles. The lowest BCUT2D eigenvalue weighted by molar-refractivity contribution is -0.152. The third-order valence-electron chi connectivity index (χ3n) is 4.04. The standard InChI is InChI=1S/C19H27NO4/c1-6-23-18(22)10-17(21)20-11-14(12-20)24-16-8-7-13(2)9-15(16)19(3,4)5/h7-9,14H,6,10-12H2,1-5H3. The van der Waals surface area contributed by atoms with Crippen molar-refractivity contribution in [3.63, 3.8) is 0 Å². The largest absolute Gasteiger partial charge is 0.486 e. The molecule has 0 N–H and O–H groups in total. The zero-order chi connectivity index (χ0) is 17.9. The molecule has 0 atom stereocenters. The van der Waals surface area contributed by atoms with Gasteiger partial charge in [0.1, 0.15) is 18.3 Å². The van der Waals surface area contributed by atoms with Gasteiger partial charge in [-0.2, -0.15) is 0 Å². The first-order chi connectivity index (χ1) is 11.2. The van der Waals surface area contributed by atoms with Crippen molar-refractivity contribution in [1.82, 2.24) is 4.90 Å². The second kappa shape index (κ2) is 7.24. The van der Waals surface area contributed by atoms with E-state index in [0.29, 0.717) is 19.7 Å². The number of amides is 1. The molecule has 0 spiro atoms. The zero-order valence-corrected chi connectivity index (χ0v) is 15.2. The van der Waals surface area contributed by atoms with Gasteiger partial charge in [0.05, 0.1) is 19.7 Å². The molecule has 1 aliphatic rings. The fourth-order valence-corrected chi connectivity index (χ4v) is 2.68. The van der Waals surface area contributed by atoms with Crippen LogP contribution in [0.15, 0.2) is 18.2 Å². The van der Waals surface area contributed by atoms with Gasteiger partial charge in [-0.05, 0) is 30.9 Å². The Balaban J connectivity index is 1.92. The van der Waals surface area contributed by atoms with Crippen molar-refractivity contribution < 1.29 is 19.1 Å². The van der Waals surface area contributed by atoms with Crippen molar-refractivity contribution in [1.29, 1.82) is 0 Å². The molecule has 1 aromatic rings. The van der Waals surface area contributed by atoms with Crippen LogP contribution >= 0.6 is 0 Å². The molecule has 5 nitrogen and oxygen atoms in total. The SMILES string of the molecule is CCOC(=O)CC(=O)N1CC(Oc2ccc(C)cc2C(C)(C)C)C1. The number of aryl methyl sites for hydroxylation is 1. The topological polar surface area (TPSA) is 55.8 Å². The Morgan fingerprint density at radius 1 is 1.25 bits per heavy atom. The maximum Gasteiger partial charge on any atom is 0.315 e. The molecular weight excluding hydrogens is 306 g/mol. The van der Waals surface area contributed by atoms with E-state index in [0.717, 1.165) is 5.75 Å². The van der Waals surface area contributed by atoms with E-state index in [1.54, 1.807) is 11.8 Å². The molecule has 0 unspecified atom stereocenters. The number of rotatable bonds is 5. The molecule has 0 bridgehead atoms. The molecule has 0 aromatic heterocycles. The Bertz CT molecular complexity index is 612. The summed E-state index contributed by atoms with van der Waals surface area (Å²) in [6.45, 7) is 11.6. The number of nitrogens with zero attached hydrogens (tertiary/aromatic N) is 1. The van der Waals surface area contributed by atoms with Gasteiger partial charge in [0, 0.05) is 0 Å². The highest BCUT2D eigenvalue weighted by atomic mass is 16.5. The van der Waals surface area contributed by atoms with Crippen molar-refractivity contribution in [2.45, 2.75) is 52.6 Å². The molecular formula is C19H27NO4. The summed E-state index contributed by atoms with van der Waals surface area (Å²) in [4.78, 5) is 24.9. The maximum atomic E-state index is 11.9. The van der Waals surface area contributed by atoms with Crippen LogP contribution in [0, 0.1) is 6.92 Å². The molecule has 5 heteroatoms. The van der Waals surface area contributed by atoms with Crippen molar-refractivity contribution in [3.8, 4) is 5.75 Å². The average Bonchev–Trinajstić information content (AvgIpc) is 2.42. The third kappa shape index (κ3) is 4.49. The molecule has 132 valence electrons. The number of hydrogen-bond donors (Lipinski definition) is 0. The van der Waals surface area contributed by atoms with Gasteiger partial charge >= 0.3 is 5.97 Å². The Labute approximate surface area is 143 Å². The summed E-state index contributed by atoms with van der Waals surface area (Å²) in [5.74, 6) is 0.198. The molecule has 1 aliphatic heterocycles. The molecule has 1 heterocycles. The average molecular weight is 333 g/mol. The molecule has 2 rings (SSSR count). The van der Waals surface area contributed by atoms with E-state index >= 15 is 0 Å². The Hall–Kier alpha value is -2.04. The van der Waals surface area contributed by atoms with Crippen LogP contribution in [0.4, 0.5) is 0 Å². The van der Waals surface area contributed by atoms with Crippen LogP contribution in [0.2, 0.25) is 0 Å². The van der Waals surface area contributed by atoms with Crippen LogP contribution in [0.1, 0.15) is 45.2 Å². The monoisotopic (exact) mass is 333 g/mol. The van der Waals surface area contributed by atoms with E-state index in [1.165, 1.54) is 11.1 Å². The quantitative estimate of drug-likeness (QED) is 0.614. The number of benzene rings is 1. The summed E-state index contributed by atoms with van der Waals surface area (Å²) in [5, 5.41) is 0. The smallest absolute Gasteiger partial charge is 0.315 e. The van der Waals surface area contributed by atoms with Gasteiger partial charge < -0.3 is 14.4 Å². The van der Waals surface area contributed by atoms with Crippen molar-refractivity contribution in [3.05, 3.63) is 29.3 Å². The third-order valence-corrected chi connectivity index (χ3v) is 4.04. The predicted molar refractivity (Wildman–Crippen MR) is 92.1 cm³/mol. The van der Waals surface area contributed by atoms with Crippen molar-refractivity contribution in [2.75, 3.05) is 19.7 Å². The van der Waals surface area contributed by atoms with Crippen molar-refractivity contribution in [2.24, 2.45) is 0 Å². The highest BCUT2D eigenvalue weighted by Crippen LogP contribution is 2.33. The zero-order valence-electron chi connectivity index (χ0n) is 15.2. The molecule has 24 heavy (non-hydrogen) atoms. The first kappa shape index (κ1) is 18.3. The van der Waals surface area contributed by atoms with Gasteiger partial charge in [-0.1, -0.05) is 38.5 Å². The number of hydrogen-bond acceptors (Lipinski definition) is 4. The first-order valence-corrected chi connectivity index (χ1v) is 8.42. The van der Waals surface area contributed by atoms with Gasteiger partial charge in [0.2, 0.25) is 5.91 Å². The van der Waals surface area contributed by atoms with Gasteiger partial charge in [-0.3, -0.25) is 9.59 Å². The van der Waals surface area contributed by atoms with Crippen molar-refractivity contribution >= 4 is 11.9 Å². The normalized spacial score (nSPS) is 15.0. The van der Waals surface area contributed by atoms with Gasteiger partial charge in [0.15, 0.2) is 0 Å². The maximum absolute atomic E-state index is 11.9. The Morgan fingerprint density at radius 2 is 1.92 bits per heavy atom. The second-order valence-electron chi connectivity index (χ2n) is 7.27. The molecule has 1 fully saturated rings. The van der Waals surface area contributed by atoms with E-state index in [2.05, 4.69) is 33.8 Å². The van der Waals surface area contributed by atoms with Crippen LogP contribution in [0.25, 0.3) is 0 Å². The first-order valence-electron chi connectivity index (χ1n) is 8.42. The van der Waals surface area contributed by atoms with Crippen LogP contribution in [0.5, 0.6) is 5.75 Å². The predicted octanol–water partition coefficient (Wildman–Crippen LogP) is 2.84. The number of esters is 1. The lowest BCUT2D eigenvalue weighted by Gasteiger charge is -2.39. The fraction of sp³-hybridized carbons (Fsp3) is 0.579. The van der Waals surface area contributed by atoms with E-state index in [1.807, 2.05) is 12.1 Å². The van der Waals surface area contributed by atoms with Gasteiger partial charge in [0.25, 0.3) is 0 Å². The van der Waals surface area contributed by atoms with E-state index in [9.17, 15) is 9.59 Å². The van der Waals surface area contributed by atoms with Gasteiger partial charge in [-0.25, -0.2) is 0 Å². The Morgan fingerprint density at radius 3 is 2.50 bits per heavy atom. The highest BCUT2D eigenvalue weighted by molar-refractivity contribution is 5.94. The number of carbonyl (C=O) groups excluding carboxylic acids is 2. The van der Waals surface area contributed by atoms with E-state index < -0.39 is 5.97 Å². The van der Waals surface area contributed by atoms with Crippen LogP contribution in [0.3, 0.4) is 0 Å². The summed E-state index contributed by atoms with van der Waals surface area (Å²) in [7, 11) is 0. The van der Waals surface area contributed by atoms with E-state index in [4.69, 9.17) is 9.47 Å². The Kier molecular flexibility index (Phi) is 5.52.